The molecule has 26 heavy (non-hydrogen) atoms. The van der Waals surface area contributed by atoms with E-state index >= 15 is 0 Å². The van der Waals surface area contributed by atoms with Gasteiger partial charge in [0.1, 0.15) is 4.32 Å². The van der Waals surface area contributed by atoms with Gasteiger partial charge >= 0.3 is 0 Å². The number of nitrogens with one attached hydrogen (secondary N) is 2. The highest BCUT2D eigenvalue weighted by molar-refractivity contribution is 8.23. The van der Waals surface area contributed by atoms with Crippen LogP contribution in [-0.4, -0.2) is 48.8 Å². The van der Waals surface area contributed by atoms with Crippen molar-refractivity contribution >= 4 is 55.8 Å². The van der Waals surface area contributed by atoms with Gasteiger partial charge in [-0.25, -0.2) is 13.1 Å². The molecule has 2 rings (SSSR count). The van der Waals surface area contributed by atoms with Gasteiger partial charge in [0, 0.05) is 18.7 Å². The van der Waals surface area contributed by atoms with Crippen molar-refractivity contribution < 1.29 is 18.0 Å². The molecule has 0 aromatic heterocycles. The van der Waals surface area contributed by atoms with Gasteiger partial charge in [-0.1, -0.05) is 30.4 Å². The molecule has 1 aromatic rings. The molecule has 7 nitrogen and oxygen atoms in total. The van der Waals surface area contributed by atoms with E-state index in [1.165, 1.54) is 30.9 Å². The zero-order valence-electron chi connectivity index (χ0n) is 14.4. The third kappa shape index (κ3) is 5.76. The van der Waals surface area contributed by atoms with Gasteiger partial charge in [-0.3, -0.25) is 14.5 Å². The number of nitrogens with zero attached hydrogens (tertiary/aromatic N) is 1. The van der Waals surface area contributed by atoms with E-state index in [1.54, 1.807) is 17.0 Å². The Morgan fingerprint density at radius 1 is 1.23 bits per heavy atom. The van der Waals surface area contributed by atoms with Crippen molar-refractivity contribution in [2.45, 2.75) is 30.6 Å². The fourth-order valence-electron chi connectivity index (χ4n) is 2.39. The number of thiocarbonyl (C=S) groups is 1. The molecule has 0 saturated carbocycles. The SMILES string of the molecule is CNS(=O)(=O)c1ccc(NC(=O)CCCCCN2C(=O)CSC2=S)cc1. The highest BCUT2D eigenvalue weighted by Gasteiger charge is 2.25. The van der Waals surface area contributed by atoms with Crippen LogP contribution in [0.5, 0.6) is 0 Å². The number of unbranched alkanes of at least 4 members (excludes halogenated alkanes) is 2. The van der Waals surface area contributed by atoms with Gasteiger partial charge in [-0.05, 0) is 44.2 Å². The van der Waals surface area contributed by atoms with Crippen LogP contribution in [0.1, 0.15) is 25.7 Å². The molecule has 1 saturated heterocycles. The number of sulfonamides is 1. The van der Waals surface area contributed by atoms with E-state index in [1.807, 2.05) is 0 Å². The van der Waals surface area contributed by atoms with Crippen molar-refractivity contribution in [3.05, 3.63) is 24.3 Å². The number of hydrogen-bond acceptors (Lipinski definition) is 6. The fraction of sp³-hybridized carbons (Fsp3) is 0.438. The lowest BCUT2D eigenvalue weighted by molar-refractivity contribution is -0.124. The second-order valence-electron chi connectivity index (χ2n) is 5.69. The summed E-state index contributed by atoms with van der Waals surface area (Å²) in [6.07, 6.45) is 2.70. The highest BCUT2D eigenvalue weighted by Crippen LogP contribution is 2.20. The Kier molecular flexibility index (Phi) is 7.56. The molecule has 0 aliphatic carbocycles. The smallest absolute Gasteiger partial charge is 0.240 e. The van der Waals surface area contributed by atoms with Gasteiger partial charge in [-0.2, -0.15) is 0 Å². The van der Waals surface area contributed by atoms with E-state index in [0.717, 1.165) is 12.8 Å². The standard InChI is InChI=1S/C16H21N3O4S3/c1-17-26(22,23)13-8-6-12(7-9-13)18-14(20)5-3-2-4-10-19-15(21)11-25-16(19)24/h6-9,17H,2-5,10-11H2,1H3,(H,18,20). The van der Waals surface area contributed by atoms with Gasteiger partial charge in [0.05, 0.1) is 10.6 Å². The molecule has 0 spiro atoms. The summed E-state index contributed by atoms with van der Waals surface area (Å²) >= 11 is 6.50. The van der Waals surface area contributed by atoms with Crippen molar-refractivity contribution in [3.8, 4) is 0 Å². The molecule has 2 N–H and O–H groups in total. The third-order valence-electron chi connectivity index (χ3n) is 3.84. The molecule has 1 fully saturated rings. The van der Waals surface area contributed by atoms with Crippen LogP contribution in [0.4, 0.5) is 5.69 Å². The first kappa shape index (κ1) is 20.8. The molecule has 1 aliphatic heterocycles. The summed E-state index contributed by atoms with van der Waals surface area (Å²) in [6, 6.07) is 5.99. The van der Waals surface area contributed by atoms with Gasteiger partial charge in [0.2, 0.25) is 21.8 Å². The van der Waals surface area contributed by atoms with E-state index in [0.29, 0.717) is 35.1 Å². The van der Waals surface area contributed by atoms with Crippen molar-refractivity contribution in [1.29, 1.82) is 0 Å². The largest absolute Gasteiger partial charge is 0.326 e. The van der Waals surface area contributed by atoms with Crippen molar-refractivity contribution in [2.75, 3.05) is 24.7 Å². The van der Waals surface area contributed by atoms with Gasteiger partial charge in [0.15, 0.2) is 0 Å². The molecule has 1 heterocycles. The minimum Gasteiger partial charge on any atom is -0.326 e. The summed E-state index contributed by atoms with van der Waals surface area (Å²) in [7, 11) is -2.14. The molecular weight excluding hydrogens is 394 g/mol. The van der Waals surface area contributed by atoms with Crippen molar-refractivity contribution in [2.24, 2.45) is 0 Å². The van der Waals surface area contributed by atoms with Crippen LogP contribution in [-0.2, 0) is 19.6 Å². The maximum atomic E-state index is 11.9. The van der Waals surface area contributed by atoms with Crippen LogP contribution in [0.15, 0.2) is 29.2 Å². The average Bonchev–Trinajstić information content (AvgIpc) is 2.93. The quantitative estimate of drug-likeness (QED) is 0.473. The van der Waals surface area contributed by atoms with Gasteiger partial charge in [0.25, 0.3) is 0 Å². The summed E-state index contributed by atoms with van der Waals surface area (Å²) < 4.78 is 26.2. The Hall–Kier alpha value is -1.49. The molecule has 1 aliphatic rings. The molecule has 142 valence electrons. The number of carbonyl (C=O) groups excluding carboxylic acids is 2. The number of hydrogen-bond donors (Lipinski definition) is 2. The summed E-state index contributed by atoms with van der Waals surface area (Å²) in [5, 5.41) is 2.74. The molecule has 1 aromatic carbocycles. The fourth-order valence-corrected chi connectivity index (χ4v) is 4.24. The van der Waals surface area contributed by atoms with E-state index in [2.05, 4.69) is 10.0 Å². The maximum absolute atomic E-state index is 11.9. The van der Waals surface area contributed by atoms with Crippen LogP contribution in [0, 0.1) is 0 Å². The van der Waals surface area contributed by atoms with Crippen LogP contribution >= 0.6 is 24.0 Å². The van der Waals surface area contributed by atoms with Crippen LogP contribution < -0.4 is 10.0 Å². The number of benzene rings is 1. The number of carbonyl (C=O) groups is 2. The summed E-state index contributed by atoms with van der Waals surface area (Å²) in [5.41, 5.74) is 0.551. The predicted molar refractivity (Wildman–Crippen MR) is 107 cm³/mol. The van der Waals surface area contributed by atoms with Crippen LogP contribution in [0.2, 0.25) is 0 Å². The first-order valence-corrected chi connectivity index (χ1v) is 11.0. The molecule has 0 unspecified atom stereocenters. The van der Waals surface area contributed by atoms with Crippen molar-refractivity contribution in [3.63, 3.8) is 0 Å². The maximum Gasteiger partial charge on any atom is 0.240 e. The monoisotopic (exact) mass is 415 g/mol. The lowest BCUT2D eigenvalue weighted by Crippen LogP contribution is -2.29. The minimum atomic E-state index is -3.48. The van der Waals surface area contributed by atoms with Gasteiger partial charge < -0.3 is 5.32 Å². The number of rotatable bonds is 9. The first-order chi connectivity index (χ1) is 12.3. The molecule has 0 radical (unpaired) electrons. The van der Waals surface area contributed by atoms with Crippen LogP contribution in [0.25, 0.3) is 0 Å². The molecule has 0 atom stereocenters. The predicted octanol–water partition coefficient (Wildman–Crippen LogP) is 1.95. The van der Waals surface area contributed by atoms with E-state index < -0.39 is 10.0 Å². The Balaban J connectivity index is 1.69. The average molecular weight is 416 g/mol. The Morgan fingerprint density at radius 3 is 2.50 bits per heavy atom. The van der Waals surface area contributed by atoms with E-state index in [-0.39, 0.29) is 16.7 Å². The summed E-state index contributed by atoms with van der Waals surface area (Å²) in [4.78, 5) is 25.3. The minimum absolute atomic E-state index is 0.0569. The summed E-state index contributed by atoms with van der Waals surface area (Å²) in [6.45, 7) is 0.605. The normalized spacial score (nSPS) is 14.7. The number of amides is 2. The zero-order valence-corrected chi connectivity index (χ0v) is 16.8. The van der Waals surface area contributed by atoms with E-state index in [4.69, 9.17) is 12.2 Å². The second-order valence-corrected chi connectivity index (χ2v) is 9.19. The molecule has 2 amide bonds. The molecule has 10 heteroatoms. The first-order valence-electron chi connectivity index (χ1n) is 8.14. The molecular formula is C16H21N3O4S3. The lowest BCUT2D eigenvalue weighted by Gasteiger charge is -2.14. The lowest BCUT2D eigenvalue weighted by atomic mass is 10.2. The van der Waals surface area contributed by atoms with Crippen molar-refractivity contribution in [1.82, 2.24) is 9.62 Å². The van der Waals surface area contributed by atoms with Gasteiger partial charge in [-0.15, -0.1) is 0 Å². The third-order valence-corrected chi connectivity index (χ3v) is 6.71. The number of anilines is 1. The Bertz CT molecular complexity index is 762. The molecule has 0 bridgehead atoms. The Morgan fingerprint density at radius 2 is 1.92 bits per heavy atom. The summed E-state index contributed by atoms with van der Waals surface area (Å²) in [5.74, 6) is 0.356. The highest BCUT2D eigenvalue weighted by atomic mass is 32.2. The zero-order chi connectivity index (χ0) is 19.2. The topological polar surface area (TPSA) is 95.6 Å². The second kappa shape index (κ2) is 9.45. The number of thioether (sulfide) groups is 1. The van der Waals surface area contributed by atoms with Crippen LogP contribution in [0.3, 0.4) is 0 Å². The van der Waals surface area contributed by atoms with E-state index in [9.17, 15) is 18.0 Å². The Labute approximate surface area is 163 Å².